The lowest BCUT2D eigenvalue weighted by atomic mass is 10.1. The molecule has 0 aliphatic heterocycles. The molecule has 0 aliphatic rings. The number of hydrogen-bond acceptors (Lipinski definition) is 5. The summed E-state index contributed by atoms with van der Waals surface area (Å²) in [6.45, 7) is 0.996. The van der Waals surface area contributed by atoms with Crippen molar-refractivity contribution in [3.8, 4) is 22.8 Å². The molecule has 0 fully saturated rings. The van der Waals surface area contributed by atoms with Crippen LogP contribution in [0.15, 0.2) is 112 Å². The molecule has 0 bridgehead atoms. The number of anilines is 1. The van der Waals surface area contributed by atoms with E-state index in [1.807, 2.05) is 66.7 Å². The molecule has 5 aromatic rings. The highest BCUT2D eigenvalue weighted by atomic mass is 16.5. The Bertz CT molecular complexity index is 1480. The molecule has 0 saturated heterocycles. The van der Waals surface area contributed by atoms with Gasteiger partial charge in [-0.2, -0.15) is 0 Å². The maximum absolute atomic E-state index is 12.7. The summed E-state index contributed by atoms with van der Waals surface area (Å²) < 4.78 is 12.1. The van der Waals surface area contributed by atoms with Crippen LogP contribution in [0.3, 0.4) is 0 Å². The molecule has 0 amide bonds. The van der Waals surface area contributed by atoms with Gasteiger partial charge in [-0.15, -0.1) is 0 Å². The predicted molar refractivity (Wildman–Crippen MR) is 134 cm³/mol. The van der Waals surface area contributed by atoms with Crippen LogP contribution in [0.5, 0.6) is 11.5 Å². The van der Waals surface area contributed by atoms with E-state index in [4.69, 9.17) is 9.15 Å². The second kappa shape index (κ2) is 9.55. The van der Waals surface area contributed by atoms with Crippen LogP contribution >= 0.6 is 0 Å². The smallest absolute Gasteiger partial charge is 0.235 e. The maximum Gasteiger partial charge on any atom is 0.235 e. The minimum Gasteiger partial charge on any atom is -0.502 e. The summed E-state index contributed by atoms with van der Waals surface area (Å²) >= 11 is 0. The number of nitrogens with one attached hydrogen (secondary N) is 1. The largest absolute Gasteiger partial charge is 0.502 e. The summed E-state index contributed by atoms with van der Waals surface area (Å²) in [6, 6.07) is 32.3. The first-order valence-electron chi connectivity index (χ1n) is 11.0. The maximum atomic E-state index is 12.7. The minimum absolute atomic E-state index is 0.114. The lowest BCUT2D eigenvalue weighted by molar-refractivity contribution is 0.307. The Morgan fingerprint density at radius 2 is 1.47 bits per heavy atom. The highest BCUT2D eigenvalue weighted by Crippen LogP contribution is 2.36. The highest BCUT2D eigenvalue weighted by molar-refractivity contribution is 5.82. The Kier molecular flexibility index (Phi) is 5.99. The zero-order valence-corrected chi connectivity index (χ0v) is 18.4. The van der Waals surface area contributed by atoms with Crippen molar-refractivity contribution >= 4 is 16.7 Å². The average molecular weight is 450 g/mol. The third kappa shape index (κ3) is 4.50. The lowest BCUT2D eigenvalue weighted by Crippen LogP contribution is -2.04. The zero-order chi connectivity index (χ0) is 23.3. The molecule has 168 valence electrons. The molecule has 5 nitrogen and oxygen atoms in total. The summed E-state index contributed by atoms with van der Waals surface area (Å²) in [5, 5.41) is 14.4. The van der Waals surface area contributed by atoms with Crippen LogP contribution in [-0.2, 0) is 13.2 Å². The third-order valence-electron chi connectivity index (χ3n) is 5.58. The van der Waals surface area contributed by atoms with Crippen molar-refractivity contribution in [3.05, 3.63) is 124 Å². The molecule has 2 N–H and O–H groups in total. The monoisotopic (exact) mass is 449 g/mol. The van der Waals surface area contributed by atoms with Crippen molar-refractivity contribution in [2.45, 2.75) is 13.2 Å². The molecule has 5 rings (SSSR count). The van der Waals surface area contributed by atoms with Gasteiger partial charge in [0.2, 0.25) is 11.2 Å². The van der Waals surface area contributed by atoms with Gasteiger partial charge in [-0.05, 0) is 41.5 Å². The Morgan fingerprint density at radius 3 is 2.24 bits per heavy atom. The molecule has 1 aromatic heterocycles. The number of aromatic hydroxyl groups is 1. The van der Waals surface area contributed by atoms with Crippen LogP contribution < -0.4 is 15.5 Å². The number of hydrogen-bond donors (Lipinski definition) is 2. The van der Waals surface area contributed by atoms with Gasteiger partial charge in [0, 0.05) is 12.1 Å². The van der Waals surface area contributed by atoms with Gasteiger partial charge in [-0.3, -0.25) is 4.79 Å². The first-order chi connectivity index (χ1) is 16.7. The lowest BCUT2D eigenvalue weighted by Gasteiger charge is -2.15. The number of fused-ring (bicyclic) bond motifs is 1. The molecule has 0 saturated carbocycles. The number of rotatable bonds is 7. The topological polar surface area (TPSA) is 71.7 Å². The van der Waals surface area contributed by atoms with Crippen molar-refractivity contribution < 1.29 is 14.3 Å². The Morgan fingerprint density at radius 1 is 0.794 bits per heavy atom. The fraction of sp³-hybridized carbons (Fsp3) is 0.0690. The van der Waals surface area contributed by atoms with Gasteiger partial charge < -0.3 is 19.6 Å². The molecule has 34 heavy (non-hydrogen) atoms. The van der Waals surface area contributed by atoms with E-state index in [2.05, 4.69) is 5.32 Å². The van der Waals surface area contributed by atoms with Crippen LogP contribution in [0.1, 0.15) is 11.1 Å². The summed E-state index contributed by atoms with van der Waals surface area (Å²) in [5.74, 6) is 0.285. The summed E-state index contributed by atoms with van der Waals surface area (Å²) in [4.78, 5) is 12.7. The molecule has 0 atom stereocenters. The van der Waals surface area contributed by atoms with Crippen LogP contribution in [0.2, 0.25) is 0 Å². The summed E-state index contributed by atoms with van der Waals surface area (Å²) in [7, 11) is 0. The number of benzene rings is 4. The molecular weight excluding hydrogens is 426 g/mol. The first-order valence-corrected chi connectivity index (χ1v) is 11.0. The molecule has 5 heteroatoms. The van der Waals surface area contributed by atoms with E-state index >= 15 is 0 Å². The van der Waals surface area contributed by atoms with Crippen molar-refractivity contribution in [2.24, 2.45) is 0 Å². The second-order valence-electron chi connectivity index (χ2n) is 7.93. The van der Waals surface area contributed by atoms with Crippen molar-refractivity contribution in [1.82, 2.24) is 0 Å². The minimum atomic E-state index is -0.463. The molecule has 1 heterocycles. The fourth-order valence-electron chi connectivity index (χ4n) is 3.79. The van der Waals surface area contributed by atoms with E-state index in [9.17, 15) is 9.90 Å². The number of ether oxygens (including phenoxy) is 1. The van der Waals surface area contributed by atoms with Gasteiger partial charge in [0.1, 0.15) is 17.9 Å². The van der Waals surface area contributed by atoms with Crippen LogP contribution in [0.25, 0.3) is 22.3 Å². The van der Waals surface area contributed by atoms with Crippen molar-refractivity contribution in [1.29, 1.82) is 0 Å². The average Bonchev–Trinajstić information content (AvgIpc) is 2.90. The standard InChI is InChI=1S/C29H23NO4/c31-27-23-13-7-8-14-25(23)34-29(28(27)32)22-15-16-24(30-18-20-9-3-1-4-10-20)26(17-22)33-19-21-11-5-2-6-12-21/h1-17,30,32H,18-19H2. The normalized spacial score (nSPS) is 10.8. The summed E-state index contributed by atoms with van der Waals surface area (Å²) in [6.07, 6.45) is 0. The second-order valence-corrected chi connectivity index (χ2v) is 7.93. The third-order valence-corrected chi connectivity index (χ3v) is 5.58. The van der Waals surface area contributed by atoms with E-state index in [1.165, 1.54) is 0 Å². The van der Waals surface area contributed by atoms with Gasteiger partial charge >= 0.3 is 0 Å². The van der Waals surface area contributed by atoms with Gasteiger partial charge in [-0.25, -0.2) is 0 Å². The molecule has 0 unspecified atom stereocenters. The molecule has 4 aromatic carbocycles. The van der Waals surface area contributed by atoms with Crippen LogP contribution in [0, 0.1) is 0 Å². The van der Waals surface area contributed by atoms with E-state index in [0.717, 1.165) is 16.8 Å². The van der Waals surface area contributed by atoms with Gasteiger partial charge in [0.15, 0.2) is 5.76 Å². The Hall–Kier alpha value is -4.51. The summed E-state index contributed by atoms with van der Waals surface area (Å²) in [5.41, 5.74) is 3.47. The Labute approximate surface area is 196 Å². The van der Waals surface area contributed by atoms with E-state index in [0.29, 0.717) is 35.4 Å². The molecule has 0 spiro atoms. The van der Waals surface area contributed by atoms with Gasteiger partial charge in [0.25, 0.3) is 0 Å². The predicted octanol–water partition coefficient (Wildman–Crippen LogP) is 6.36. The van der Waals surface area contributed by atoms with Gasteiger partial charge in [-0.1, -0.05) is 72.8 Å². The molecule has 0 radical (unpaired) electrons. The molecular formula is C29H23NO4. The van der Waals surface area contributed by atoms with Crippen LogP contribution in [-0.4, -0.2) is 5.11 Å². The van der Waals surface area contributed by atoms with E-state index in [1.54, 1.807) is 36.4 Å². The molecule has 0 aliphatic carbocycles. The number of para-hydroxylation sites is 1. The Balaban J connectivity index is 1.52. The van der Waals surface area contributed by atoms with Gasteiger partial charge in [0.05, 0.1) is 11.1 Å². The van der Waals surface area contributed by atoms with Crippen LogP contribution in [0.4, 0.5) is 5.69 Å². The van der Waals surface area contributed by atoms with Crippen molar-refractivity contribution in [3.63, 3.8) is 0 Å². The van der Waals surface area contributed by atoms with E-state index < -0.39 is 11.2 Å². The van der Waals surface area contributed by atoms with Crippen molar-refractivity contribution in [2.75, 3.05) is 5.32 Å². The highest BCUT2D eigenvalue weighted by Gasteiger charge is 2.17. The first kappa shape index (κ1) is 21.3. The zero-order valence-electron chi connectivity index (χ0n) is 18.4. The SMILES string of the molecule is O=c1c(O)c(-c2ccc(NCc3ccccc3)c(OCc3ccccc3)c2)oc2ccccc12. The fourth-order valence-corrected chi connectivity index (χ4v) is 3.79. The van der Waals surface area contributed by atoms with E-state index in [-0.39, 0.29) is 5.76 Å². The quantitative estimate of drug-likeness (QED) is 0.303.